The highest BCUT2D eigenvalue weighted by molar-refractivity contribution is 5.76. The lowest BCUT2D eigenvalue weighted by molar-refractivity contribution is -0.139. The molecule has 0 aromatic carbocycles. The van der Waals surface area contributed by atoms with Crippen LogP contribution in [-0.4, -0.2) is 54.5 Å². The predicted octanol–water partition coefficient (Wildman–Crippen LogP) is 0.799. The zero-order valence-electron chi connectivity index (χ0n) is 13.8. The molecular formula is C16H22N6O2. The molecule has 4 rings (SSSR count). The minimum atomic E-state index is 0.0105. The van der Waals surface area contributed by atoms with Crippen LogP contribution in [0.2, 0.25) is 0 Å². The second-order valence-electron chi connectivity index (χ2n) is 6.36. The molecule has 0 radical (unpaired) electrons. The van der Waals surface area contributed by atoms with Gasteiger partial charge in [0.15, 0.2) is 0 Å². The first kappa shape index (κ1) is 15.3. The van der Waals surface area contributed by atoms with Crippen LogP contribution < -0.4 is 0 Å². The molecule has 2 atom stereocenters. The second-order valence-corrected chi connectivity index (χ2v) is 6.36. The summed E-state index contributed by atoms with van der Waals surface area (Å²) >= 11 is 0. The Morgan fingerprint density at radius 3 is 3.25 bits per heavy atom. The van der Waals surface area contributed by atoms with Crippen molar-refractivity contribution < 1.29 is 9.53 Å². The number of aryl methyl sites for hydroxylation is 2. The molecule has 2 aromatic rings. The molecule has 8 nitrogen and oxygen atoms in total. The van der Waals surface area contributed by atoms with E-state index in [2.05, 4.69) is 26.8 Å². The largest absolute Gasteiger partial charge is 0.368 e. The molecule has 0 bridgehead atoms. The van der Waals surface area contributed by atoms with Gasteiger partial charge in [-0.25, -0.2) is 9.67 Å². The molecule has 1 amide bonds. The number of nitrogens with zero attached hydrogens (tertiary/aromatic N) is 6. The lowest BCUT2D eigenvalue weighted by Gasteiger charge is -2.41. The third-order valence-electron chi connectivity index (χ3n) is 4.97. The minimum absolute atomic E-state index is 0.0105. The third-order valence-corrected chi connectivity index (χ3v) is 4.97. The summed E-state index contributed by atoms with van der Waals surface area (Å²) in [5, 5.41) is 8.14. The molecule has 4 heterocycles. The van der Waals surface area contributed by atoms with E-state index < -0.39 is 0 Å². The number of carbonyl (C=O) groups excluding carboxylic acids is 1. The van der Waals surface area contributed by atoms with Gasteiger partial charge in [-0.3, -0.25) is 4.79 Å². The number of imidazole rings is 1. The molecule has 2 aromatic heterocycles. The van der Waals surface area contributed by atoms with Crippen molar-refractivity contribution in [3.63, 3.8) is 0 Å². The van der Waals surface area contributed by atoms with Crippen molar-refractivity contribution in [2.75, 3.05) is 13.1 Å². The number of aromatic nitrogens is 5. The Hall–Kier alpha value is -2.22. The number of hydrogen-bond donors (Lipinski definition) is 0. The Morgan fingerprint density at radius 1 is 1.46 bits per heavy atom. The van der Waals surface area contributed by atoms with Crippen LogP contribution in [0.4, 0.5) is 0 Å². The summed E-state index contributed by atoms with van der Waals surface area (Å²) in [6.07, 6.45) is 7.73. The van der Waals surface area contributed by atoms with E-state index in [0.717, 1.165) is 30.9 Å². The fourth-order valence-electron chi connectivity index (χ4n) is 3.65. The SMILES string of the molecule is CCc1nccn1CCC(=O)N1CC[C@H]2[C@H](C1)OCc1cnnn12. The quantitative estimate of drug-likeness (QED) is 0.828. The van der Waals surface area contributed by atoms with Gasteiger partial charge in [-0.15, -0.1) is 5.10 Å². The number of rotatable bonds is 4. The number of carbonyl (C=O) groups is 1. The maximum atomic E-state index is 12.6. The van der Waals surface area contributed by atoms with E-state index in [9.17, 15) is 4.79 Å². The van der Waals surface area contributed by atoms with Crippen molar-refractivity contribution in [1.82, 2.24) is 29.4 Å². The number of fused-ring (bicyclic) bond motifs is 3. The average Bonchev–Trinajstić information content (AvgIpc) is 3.27. The van der Waals surface area contributed by atoms with Crippen molar-refractivity contribution in [3.05, 3.63) is 30.1 Å². The molecule has 1 fully saturated rings. The molecule has 0 spiro atoms. The van der Waals surface area contributed by atoms with Crippen molar-refractivity contribution in [3.8, 4) is 0 Å². The summed E-state index contributed by atoms with van der Waals surface area (Å²) in [6, 6.07) is 0.195. The lowest BCUT2D eigenvalue weighted by atomic mass is 10.00. The van der Waals surface area contributed by atoms with Gasteiger partial charge in [0.2, 0.25) is 5.91 Å². The Morgan fingerprint density at radius 2 is 2.38 bits per heavy atom. The number of hydrogen-bond acceptors (Lipinski definition) is 5. The summed E-state index contributed by atoms with van der Waals surface area (Å²) in [5.74, 6) is 1.20. The van der Waals surface area contributed by atoms with Gasteiger partial charge in [0.1, 0.15) is 5.82 Å². The third kappa shape index (κ3) is 2.71. The molecule has 24 heavy (non-hydrogen) atoms. The van der Waals surface area contributed by atoms with E-state index in [-0.39, 0.29) is 18.1 Å². The van der Waals surface area contributed by atoms with E-state index in [1.54, 1.807) is 12.4 Å². The van der Waals surface area contributed by atoms with Crippen molar-refractivity contribution in [2.45, 2.75) is 51.5 Å². The molecule has 128 valence electrons. The van der Waals surface area contributed by atoms with Crippen LogP contribution in [0.5, 0.6) is 0 Å². The minimum Gasteiger partial charge on any atom is -0.368 e. The van der Waals surface area contributed by atoms with Crippen molar-refractivity contribution >= 4 is 5.91 Å². The first-order valence-corrected chi connectivity index (χ1v) is 8.54. The van der Waals surface area contributed by atoms with Gasteiger partial charge in [0, 0.05) is 44.9 Å². The number of amides is 1. The van der Waals surface area contributed by atoms with E-state index in [4.69, 9.17) is 4.74 Å². The Bertz CT molecular complexity index is 724. The van der Waals surface area contributed by atoms with Gasteiger partial charge < -0.3 is 14.2 Å². The van der Waals surface area contributed by atoms with Gasteiger partial charge in [-0.2, -0.15) is 0 Å². The van der Waals surface area contributed by atoms with Crippen molar-refractivity contribution in [1.29, 1.82) is 0 Å². The molecule has 2 aliphatic rings. The van der Waals surface area contributed by atoms with Crippen LogP contribution >= 0.6 is 0 Å². The fourth-order valence-corrected chi connectivity index (χ4v) is 3.65. The molecule has 1 saturated heterocycles. The highest BCUT2D eigenvalue weighted by Gasteiger charge is 2.37. The molecular weight excluding hydrogens is 308 g/mol. The molecule has 0 N–H and O–H groups in total. The highest BCUT2D eigenvalue weighted by atomic mass is 16.5. The highest BCUT2D eigenvalue weighted by Crippen LogP contribution is 2.30. The fraction of sp³-hybridized carbons (Fsp3) is 0.625. The monoisotopic (exact) mass is 330 g/mol. The van der Waals surface area contributed by atoms with Crippen LogP contribution in [0.1, 0.15) is 37.3 Å². The van der Waals surface area contributed by atoms with Crippen LogP contribution in [0.3, 0.4) is 0 Å². The standard InChI is InChI=1S/C16H22N6O2/c1-2-15-17-5-8-20(15)7-4-16(23)21-6-3-13-14(10-21)24-11-12-9-18-19-22(12)13/h5,8-9,13-14H,2-4,6-7,10-11H2,1H3/t13-,14-/m0/s1. The number of likely N-dealkylation sites (tertiary alicyclic amines) is 1. The Labute approximate surface area is 140 Å². The molecule has 0 unspecified atom stereocenters. The van der Waals surface area contributed by atoms with Crippen LogP contribution in [-0.2, 0) is 29.1 Å². The number of piperidine rings is 1. The van der Waals surface area contributed by atoms with Crippen LogP contribution in [0, 0.1) is 0 Å². The summed E-state index contributed by atoms with van der Waals surface area (Å²) < 4.78 is 9.95. The van der Waals surface area contributed by atoms with Gasteiger partial charge in [0.05, 0.1) is 30.6 Å². The first-order valence-electron chi connectivity index (χ1n) is 8.54. The summed E-state index contributed by atoms with van der Waals surface area (Å²) in [4.78, 5) is 18.8. The van der Waals surface area contributed by atoms with Gasteiger partial charge in [0.25, 0.3) is 0 Å². The topological polar surface area (TPSA) is 78.1 Å². The Kier molecular flexibility index (Phi) is 4.05. The smallest absolute Gasteiger partial charge is 0.224 e. The number of ether oxygens (including phenoxy) is 1. The van der Waals surface area contributed by atoms with E-state index >= 15 is 0 Å². The van der Waals surface area contributed by atoms with E-state index in [0.29, 0.717) is 26.1 Å². The normalized spacial score (nSPS) is 23.0. The maximum absolute atomic E-state index is 12.6. The molecule has 0 saturated carbocycles. The summed E-state index contributed by atoms with van der Waals surface area (Å²) in [5.41, 5.74) is 1.02. The summed E-state index contributed by atoms with van der Waals surface area (Å²) in [7, 11) is 0. The van der Waals surface area contributed by atoms with E-state index in [1.807, 2.05) is 15.8 Å². The van der Waals surface area contributed by atoms with Crippen molar-refractivity contribution in [2.24, 2.45) is 0 Å². The predicted molar refractivity (Wildman–Crippen MR) is 85.1 cm³/mol. The van der Waals surface area contributed by atoms with Gasteiger partial charge in [-0.1, -0.05) is 12.1 Å². The first-order chi connectivity index (χ1) is 11.8. The average molecular weight is 330 g/mol. The van der Waals surface area contributed by atoms with E-state index in [1.165, 1.54) is 0 Å². The summed E-state index contributed by atoms with van der Waals surface area (Å²) in [6.45, 7) is 4.65. The molecule has 2 aliphatic heterocycles. The zero-order valence-corrected chi connectivity index (χ0v) is 13.8. The van der Waals surface area contributed by atoms with Gasteiger partial charge >= 0.3 is 0 Å². The van der Waals surface area contributed by atoms with Crippen LogP contribution in [0.25, 0.3) is 0 Å². The maximum Gasteiger partial charge on any atom is 0.224 e. The Balaban J connectivity index is 1.36. The molecule has 8 heteroatoms. The lowest BCUT2D eigenvalue weighted by Crippen LogP contribution is -2.50. The zero-order chi connectivity index (χ0) is 16.5. The molecule has 0 aliphatic carbocycles. The van der Waals surface area contributed by atoms with Crippen LogP contribution in [0.15, 0.2) is 18.6 Å². The van der Waals surface area contributed by atoms with Gasteiger partial charge in [-0.05, 0) is 6.42 Å². The second kappa shape index (κ2) is 6.35.